The Morgan fingerprint density at radius 2 is 1.04 bits per heavy atom. The quantitative estimate of drug-likeness (QED) is 0.664. The van der Waals surface area contributed by atoms with Crippen molar-refractivity contribution >= 4 is 35.1 Å². The molecule has 0 radical (unpaired) electrons. The van der Waals surface area contributed by atoms with Crippen LogP contribution in [0.15, 0.2) is 48.5 Å². The van der Waals surface area contributed by atoms with Crippen LogP contribution in [0.2, 0.25) is 10.0 Å². The maximum Gasteiger partial charge on any atom is 0.339 e. The van der Waals surface area contributed by atoms with Crippen LogP contribution in [0.25, 0.3) is 0 Å². The minimum atomic E-state index is -0.992. The van der Waals surface area contributed by atoms with Crippen molar-refractivity contribution in [1.82, 2.24) is 0 Å². The summed E-state index contributed by atoms with van der Waals surface area (Å²) in [7, 11) is 0. The number of carbonyl (C=O) groups is 2. The lowest BCUT2D eigenvalue weighted by Gasteiger charge is -2.14. The zero-order valence-electron chi connectivity index (χ0n) is 14.5. The van der Waals surface area contributed by atoms with Crippen LogP contribution < -0.4 is 0 Å². The molecule has 0 saturated carbocycles. The highest BCUT2D eigenvalue weighted by atomic mass is 35.5. The lowest BCUT2D eigenvalue weighted by atomic mass is 10.1. The summed E-state index contributed by atoms with van der Waals surface area (Å²) < 4.78 is 22.0. The van der Waals surface area contributed by atoms with Crippen molar-refractivity contribution in [1.29, 1.82) is 0 Å². The van der Waals surface area contributed by atoms with E-state index in [2.05, 4.69) is 0 Å². The monoisotopic (exact) mass is 422 g/mol. The molecule has 2 aromatic carbocycles. The number of hydrogen-bond acceptors (Lipinski definition) is 6. The number of ether oxygens (including phenoxy) is 4. The summed E-state index contributed by atoms with van der Waals surface area (Å²) >= 11 is 11.7. The fourth-order valence-electron chi connectivity index (χ4n) is 3.13. The standard InChI is InChI=1S/C20H16Cl2O6/c21-13-5-1-11(2-6-13)9-25-17-15-16(28-19(17)23)18(20(24)27-15)26-10-12-3-7-14(22)8-4-12/h1-8,15-18H,9-10H2/t15-,16-,17-,18-/m1/s1. The molecule has 0 spiro atoms. The van der Waals surface area contributed by atoms with Gasteiger partial charge in [0.25, 0.3) is 0 Å². The molecule has 8 heteroatoms. The molecule has 4 rings (SSSR count). The Hall–Kier alpha value is -2.12. The summed E-state index contributed by atoms with van der Waals surface area (Å²) in [6.45, 7) is 0.321. The number of halogens is 2. The largest absolute Gasteiger partial charge is 0.453 e. The second-order valence-corrected chi connectivity index (χ2v) is 7.39. The first-order chi connectivity index (χ1) is 13.5. The minimum Gasteiger partial charge on any atom is -0.453 e. The van der Waals surface area contributed by atoms with Gasteiger partial charge in [-0.15, -0.1) is 0 Å². The van der Waals surface area contributed by atoms with Crippen molar-refractivity contribution in [2.75, 3.05) is 0 Å². The molecule has 2 aliphatic rings. The van der Waals surface area contributed by atoms with E-state index in [1.54, 1.807) is 48.5 Å². The minimum absolute atomic E-state index is 0.161. The SMILES string of the molecule is O=C1O[C@@H]2[C@@H](OC(=O)[C@@H]2OCc2ccc(Cl)cc2)[C@H]1OCc1ccc(Cl)cc1. The smallest absolute Gasteiger partial charge is 0.339 e. The molecule has 0 aliphatic carbocycles. The van der Waals surface area contributed by atoms with Gasteiger partial charge < -0.3 is 18.9 Å². The molecule has 0 amide bonds. The van der Waals surface area contributed by atoms with Gasteiger partial charge in [-0.25, -0.2) is 9.59 Å². The normalized spacial score (nSPS) is 26.1. The third-order valence-corrected chi connectivity index (χ3v) is 5.08. The summed E-state index contributed by atoms with van der Waals surface area (Å²) in [6.07, 6.45) is -3.65. The Balaban J connectivity index is 1.38. The van der Waals surface area contributed by atoms with Crippen molar-refractivity contribution in [2.45, 2.75) is 37.6 Å². The van der Waals surface area contributed by atoms with E-state index in [-0.39, 0.29) is 13.2 Å². The molecule has 2 saturated heterocycles. The number of benzene rings is 2. The Bertz CT molecular complexity index is 794. The molecule has 0 aromatic heterocycles. The molecule has 2 heterocycles. The van der Waals surface area contributed by atoms with Crippen molar-refractivity contribution in [3.63, 3.8) is 0 Å². The molecular weight excluding hydrogens is 407 g/mol. The number of hydrogen-bond donors (Lipinski definition) is 0. The summed E-state index contributed by atoms with van der Waals surface area (Å²) in [4.78, 5) is 24.4. The molecule has 2 aromatic rings. The van der Waals surface area contributed by atoms with E-state index < -0.39 is 36.4 Å². The predicted octanol–water partition coefficient (Wildman–Crippen LogP) is 3.31. The number of esters is 2. The maximum absolute atomic E-state index is 12.2. The lowest BCUT2D eigenvalue weighted by molar-refractivity contribution is -0.165. The summed E-state index contributed by atoms with van der Waals surface area (Å²) in [6, 6.07) is 14.1. The lowest BCUT2D eigenvalue weighted by Crippen LogP contribution is -2.34. The zero-order chi connectivity index (χ0) is 19.7. The van der Waals surface area contributed by atoms with Crippen LogP contribution in [0.3, 0.4) is 0 Å². The van der Waals surface area contributed by atoms with Crippen LogP contribution in [0.5, 0.6) is 0 Å². The van der Waals surface area contributed by atoms with Gasteiger partial charge in [0, 0.05) is 10.0 Å². The molecule has 4 atom stereocenters. The van der Waals surface area contributed by atoms with Crippen LogP contribution in [-0.2, 0) is 41.8 Å². The van der Waals surface area contributed by atoms with Gasteiger partial charge in [-0.2, -0.15) is 0 Å². The van der Waals surface area contributed by atoms with Crippen LogP contribution in [0.4, 0.5) is 0 Å². The first kappa shape index (κ1) is 19.2. The van der Waals surface area contributed by atoms with Crippen LogP contribution in [-0.4, -0.2) is 36.4 Å². The number of rotatable bonds is 6. The average molecular weight is 423 g/mol. The van der Waals surface area contributed by atoms with Gasteiger partial charge in [-0.05, 0) is 35.4 Å². The molecule has 6 nitrogen and oxygen atoms in total. The molecule has 2 fully saturated rings. The summed E-state index contributed by atoms with van der Waals surface area (Å²) in [5, 5.41) is 1.21. The third-order valence-electron chi connectivity index (χ3n) is 4.58. The number of carbonyl (C=O) groups excluding carboxylic acids is 2. The Morgan fingerprint density at radius 3 is 1.39 bits per heavy atom. The third kappa shape index (κ3) is 4.00. The average Bonchev–Trinajstić information content (AvgIpc) is 3.14. The van der Waals surface area contributed by atoms with Crippen LogP contribution in [0.1, 0.15) is 11.1 Å². The van der Waals surface area contributed by atoms with E-state index >= 15 is 0 Å². The second-order valence-electron chi connectivity index (χ2n) is 6.52. The Morgan fingerprint density at radius 1 is 0.679 bits per heavy atom. The zero-order valence-corrected chi connectivity index (χ0v) is 16.1. The molecule has 0 bridgehead atoms. The van der Waals surface area contributed by atoms with Crippen LogP contribution >= 0.6 is 23.2 Å². The van der Waals surface area contributed by atoms with E-state index in [1.807, 2.05) is 0 Å². The van der Waals surface area contributed by atoms with Gasteiger partial charge >= 0.3 is 11.9 Å². The van der Waals surface area contributed by atoms with Gasteiger partial charge in [0.1, 0.15) is 0 Å². The van der Waals surface area contributed by atoms with Gasteiger partial charge in [0.2, 0.25) is 0 Å². The molecule has 146 valence electrons. The highest BCUT2D eigenvalue weighted by Crippen LogP contribution is 2.33. The van der Waals surface area contributed by atoms with Crippen molar-refractivity contribution < 1.29 is 28.5 Å². The van der Waals surface area contributed by atoms with Crippen molar-refractivity contribution in [2.24, 2.45) is 0 Å². The van der Waals surface area contributed by atoms with Gasteiger partial charge in [-0.3, -0.25) is 0 Å². The Labute approximate surface area is 171 Å². The topological polar surface area (TPSA) is 71.1 Å². The highest BCUT2D eigenvalue weighted by molar-refractivity contribution is 6.30. The molecule has 2 aliphatic heterocycles. The fraction of sp³-hybridized carbons (Fsp3) is 0.300. The fourth-order valence-corrected chi connectivity index (χ4v) is 3.38. The van der Waals surface area contributed by atoms with Crippen LogP contribution in [0, 0.1) is 0 Å². The molecule has 0 N–H and O–H groups in total. The predicted molar refractivity (Wildman–Crippen MR) is 99.8 cm³/mol. The molecular formula is C20H16Cl2O6. The van der Waals surface area contributed by atoms with E-state index in [0.717, 1.165) is 11.1 Å². The summed E-state index contributed by atoms with van der Waals surface area (Å²) in [5.74, 6) is -1.15. The first-order valence-corrected chi connectivity index (χ1v) is 9.40. The van der Waals surface area contributed by atoms with Crippen molar-refractivity contribution in [3.05, 3.63) is 69.7 Å². The van der Waals surface area contributed by atoms with Gasteiger partial charge in [0.05, 0.1) is 13.2 Å². The van der Waals surface area contributed by atoms with E-state index in [9.17, 15) is 9.59 Å². The molecule has 0 unspecified atom stereocenters. The summed E-state index contributed by atoms with van der Waals surface area (Å²) in [5.41, 5.74) is 1.67. The Kier molecular flexibility index (Phi) is 5.55. The van der Waals surface area contributed by atoms with Gasteiger partial charge in [-0.1, -0.05) is 47.5 Å². The highest BCUT2D eigenvalue weighted by Gasteiger charge is 2.59. The first-order valence-electron chi connectivity index (χ1n) is 8.64. The van der Waals surface area contributed by atoms with E-state index in [0.29, 0.717) is 10.0 Å². The molecule has 28 heavy (non-hydrogen) atoms. The maximum atomic E-state index is 12.2. The number of fused-ring (bicyclic) bond motifs is 1. The second kappa shape index (κ2) is 8.09. The van der Waals surface area contributed by atoms with Crippen molar-refractivity contribution in [3.8, 4) is 0 Å². The van der Waals surface area contributed by atoms with E-state index in [1.165, 1.54) is 0 Å². The van der Waals surface area contributed by atoms with E-state index in [4.69, 9.17) is 42.1 Å². The van der Waals surface area contributed by atoms with Gasteiger partial charge in [0.15, 0.2) is 24.4 Å².